The Morgan fingerprint density at radius 1 is 0.897 bits per heavy atom. The van der Waals surface area contributed by atoms with Crippen LogP contribution in [-0.4, -0.2) is 23.4 Å². The number of unbranched alkanes of at least 4 members (excludes halogenated alkanes) is 11. The number of thioether (sulfide) groups is 1. The standard InChI is InChI=1S/C32H46FN3O2S/c1-3-4-5-6-7-8-9-10-11-12-13-14-20-38-31-19-18-29(22-30(31)33)35-32(37)34-28-17-15-16-27(21-28)24-36-23-26(2)39-25-36/h15-19,21-23H,3-14,20,24-25H2,1-2H3,(H2,34,35,37). The summed E-state index contributed by atoms with van der Waals surface area (Å²) >= 11 is 1.82. The van der Waals surface area contributed by atoms with E-state index in [1.165, 1.54) is 75.2 Å². The molecule has 7 heteroatoms. The maximum absolute atomic E-state index is 14.5. The molecule has 0 spiro atoms. The van der Waals surface area contributed by atoms with Gasteiger partial charge in [-0.15, -0.1) is 11.8 Å². The quantitative estimate of drug-likeness (QED) is 0.180. The minimum atomic E-state index is -0.472. The number of hydrogen-bond donors (Lipinski definition) is 2. The van der Waals surface area contributed by atoms with Gasteiger partial charge in [-0.3, -0.25) is 0 Å². The number of amides is 2. The molecule has 0 bridgehead atoms. The van der Waals surface area contributed by atoms with Crippen molar-refractivity contribution < 1.29 is 13.9 Å². The zero-order valence-corrected chi connectivity index (χ0v) is 24.6. The first kappa shape index (κ1) is 30.9. The van der Waals surface area contributed by atoms with Gasteiger partial charge in [0.25, 0.3) is 0 Å². The van der Waals surface area contributed by atoms with Crippen LogP contribution >= 0.6 is 11.8 Å². The smallest absolute Gasteiger partial charge is 0.323 e. The molecule has 2 aromatic rings. The zero-order chi connectivity index (χ0) is 27.7. The molecule has 3 rings (SSSR count). The average molecular weight is 556 g/mol. The van der Waals surface area contributed by atoms with Crippen molar-refractivity contribution in [3.05, 3.63) is 65.0 Å². The van der Waals surface area contributed by atoms with Crippen LogP contribution in [0.2, 0.25) is 0 Å². The van der Waals surface area contributed by atoms with Crippen LogP contribution in [0.25, 0.3) is 0 Å². The molecule has 0 atom stereocenters. The number of nitrogens with one attached hydrogen (secondary N) is 2. The fourth-order valence-electron chi connectivity index (χ4n) is 4.70. The van der Waals surface area contributed by atoms with E-state index in [-0.39, 0.29) is 5.75 Å². The minimum absolute atomic E-state index is 0.223. The molecule has 39 heavy (non-hydrogen) atoms. The van der Waals surface area contributed by atoms with E-state index in [2.05, 4.69) is 35.6 Å². The molecule has 2 amide bonds. The minimum Gasteiger partial charge on any atom is -0.491 e. The predicted molar refractivity (Wildman–Crippen MR) is 164 cm³/mol. The van der Waals surface area contributed by atoms with Crippen molar-refractivity contribution in [2.45, 2.75) is 97.4 Å². The van der Waals surface area contributed by atoms with Gasteiger partial charge in [-0.2, -0.15) is 0 Å². The molecule has 0 fully saturated rings. The molecule has 0 unspecified atom stereocenters. The van der Waals surface area contributed by atoms with Crippen LogP contribution in [0.4, 0.5) is 20.6 Å². The van der Waals surface area contributed by atoms with Gasteiger partial charge in [0.05, 0.1) is 12.5 Å². The number of benzene rings is 2. The maximum atomic E-state index is 14.5. The van der Waals surface area contributed by atoms with Crippen LogP contribution in [0, 0.1) is 5.82 Å². The predicted octanol–water partition coefficient (Wildman–Crippen LogP) is 9.92. The summed E-state index contributed by atoms with van der Waals surface area (Å²) in [5, 5.41) is 5.54. The fourth-order valence-corrected chi connectivity index (χ4v) is 5.46. The zero-order valence-electron chi connectivity index (χ0n) is 23.8. The van der Waals surface area contributed by atoms with Gasteiger partial charge in [0.1, 0.15) is 0 Å². The van der Waals surface area contributed by atoms with Crippen molar-refractivity contribution in [2.75, 3.05) is 23.1 Å². The Bertz CT molecular complexity index is 1050. The number of nitrogens with zero attached hydrogens (tertiary/aromatic N) is 1. The summed E-state index contributed by atoms with van der Waals surface area (Å²) in [6, 6.07) is 11.9. The number of rotatable bonds is 18. The van der Waals surface area contributed by atoms with E-state index >= 15 is 0 Å². The third kappa shape index (κ3) is 12.4. The molecule has 1 aliphatic heterocycles. The van der Waals surface area contributed by atoms with Gasteiger partial charge in [0.15, 0.2) is 11.6 Å². The summed E-state index contributed by atoms with van der Waals surface area (Å²) in [5.74, 6) is 0.691. The Kier molecular flexibility index (Phi) is 14.1. The van der Waals surface area contributed by atoms with Gasteiger partial charge in [-0.05, 0) is 48.1 Å². The number of hydrogen-bond acceptors (Lipinski definition) is 4. The summed E-state index contributed by atoms with van der Waals surface area (Å²) in [4.78, 5) is 16.0. The molecule has 2 N–H and O–H groups in total. The number of carbonyl (C=O) groups excluding carboxylic acids is 1. The monoisotopic (exact) mass is 555 g/mol. The normalized spacial score (nSPS) is 12.9. The molecule has 214 valence electrons. The molecular weight excluding hydrogens is 509 g/mol. The Hall–Kier alpha value is -2.67. The van der Waals surface area contributed by atoms with Crippen LogP contribution in [-0.2, 0) is 6.54 Å². The van der Waals surface area contributed by atoms with Crippen molar-refractivity contribution in [3.63, 3.8) is 0 Å². The molecule has 5 nitrogen and oxygen atoms in total. The van der Waals surface area contributed by atoms with E-state index in [1.807, 2.05) is 36.0 Å². The molecule has 2 aromatic carbocycles. The van der Waals surface area contributed by atoms with Crippen molar-refractivity contribution >= 4 is 29.2 Å². The molecular formula is C32H46FN3O2S. The first-order valence-electron chi connectivity index (χ1n) is 14.7. The van der Waals surface area contributed by atoms with E-state index in [9.17, 15) is 9.18 Å². The van der Waals surface area contributed by atoms with Gasteiger partial charge in [0.2, 0.25) is 0 Å². The highest BCUT2D eigenvalue weighted by atomic mass is 32.2. The summed E-state index contributed by atoms with van der Waals surface area (Å²) in [6.45, 7) is 5.65. The Labute approximate surface area is 239 Å². The SMILES string of the molecule is CCCCCCCCCCCCCCOc1ccc(NC(=O)Nc2cccc(CN3C=C(C)SC3)c2)cc1F. The number of anilines is 2. The molecule has 0 aromatic heterocycles. The third-order valence-corrected chi connectivity index (χ3v) is 7.86. The summed E-state index contributed by atoms with van der Waals surface area (Å²) < 4.78 is 20.2. The lowest BCUT2D eigenvalue weighted by atomic mass is 10.1. The fraction of sp³-hybridized carbons (Fsp3) is 0.531. The maximum Gasteiger partial charge on any atom is 0.323 e. The Morgan fingerprint density at radius 3 is 2.15 bits per heavy atom. The highest BCUT2D eigenvalue weighted by molar-refractivity contribution is 8.03. The highest BCUT2D eigenvalue weighted by Crippen LogP contribution is 2.26. The summed E-state index contributed by atoms with van der Waals surface area (Å²) in [5.41, 5.74) is 2.19. The third-order valence-electron chi connectivity index (χ3n) is 6.84. The van der Waals surface area contributed by atoms with E-state index < -0.39 is 11.8 Å². The number of halogens is 1. The Morgan fingerprint density at radius 2 is 1.54 bits per heavy atom. The number of allylic oxidation sites excluding steroid dienone is 1. The lowest BCUT2D eigenvalue weighted by Crippen LogP contribution is -2.20. The van der Waals surface area contributed by atoms with Crippen LogP contribution < -0.4 is 15.4 Å². The lowest BCUT2D eigenvalue weighted by molar-refractivity contribution is 0.262. The van der Waals surface area contributed by atoms with E-state index in [0.717, 1.165) is 30.8 Å². The molecule has 1 heterocycles. The molecule has 0 aliphatic carbocycles. The first-order valence-corrected chi connectivity index (χ1v) is 15.7. The first-order chi connectivity index (χ1) is 19.0. The van der Waals surface area contributed by atoms with Gasteiger partial charge < -0.3 is 20.3 Å². The topological polar surface area (TPSA) is 53.6 Å². The average Bonchev–Trinajstić information content (AvgIpc) is 3.32. The second kappa shape index (κ2) is 17.8. The molecule has 0 saturated heterocycles. The van der Waals surface area contributed by atoms with Crippen LogP contribution in [0.1, 0.15) is 96.5 Å². The number of urea groups is 1. The van der Waals surface area contributed by atoms with Gasteiger partial charge >= 0.3 is 6.03 Å². The van der Waals surface area contributed by atoms with Gasteiger partial charge in [-0.1, -0.05) is 89.7 Å². The van der Waals surface area contributed by atoms with Crippen LogP contribution in [0.3, 0.4) is 0 Å². The van der Waals surface area contributed by atoms with E-state index in [4.69, 9.17) is 4.74 Å². The molecule has 1 aliphatic rings. The highest BCUT2D eigenvalue weighted by Gasteiger charge is 2.11. The van der Waals surface area contributed by atoms with Gasteiger partial charge in [-0.25, -0.2) is 9.18 Å². The molecule has 0 saturated carbocycles. The van der Waals surface area contributed by atoms with Crippen molar-refractivity contribution in [1.82, 2.24) is 4.90 Å². The summed E-state index contributed by atoms with van der Waals surface area (Å²) in [6.07, 6.45) is 17.5. The van der Waals surface area contributed by atoms with Gasteiger partial charge in [0, 0.05) is 30.2 Å². The van der Waals surface area contributed by atoms with Crippen molar-refractivity contribution in [1.29, 1.82) is 0 Å². The number of ether oxygens (including phenoxy) is 1. The van der Waals surface area contributed by atoms with Crippen LogP contribution in [0.15, 0.2) is 53.6 Å². The second-order valence-corrected chi connectivity index (χ2v) is 11.6. The van der Waals surface area contributed by atoms with Crippen LogP contribution in [0.5, 0.6) is 5.75 Å². The molecule has 0 radical (unpaired) electrons. The van der Waals surface area contributed by atoms with Crippen molar-refractivity contribution in [3.8, 4) is 5.75 Å². The lowest BCUT2D eigenvalue weighted by Gasteiger charge is -2.15. The second-order valence-electron chi connectivity index (χ2n) is 10.4. The summed E-state index contributed by atoms with van der Waals surface area (Å²) in [7, 11) is 0. The van der Waals surface area contributed by atoms with E-state index in [0.29, 0.717) is 18.0 Å². The number of carbonyl (C=O) groups is 1. The largest absolute Gasteiger partial charge is 0.491 e. The Balaban J connectivity index is 1.29. The van der Waals surface area contributed by atoms with E-state index in [1.54, 1.807) is 12.1 Å². The van der Waals surface area contributed by atoms with Crippen molar-refractivity contribution in [2.24, 2.45) is 0 Å².